The number of alkyl halides is 3. The van der Waals surface area contributed by atoms with Crippen molar-refractivity contribution in [2.45, 2.75) is 128 Å². The predicted molar refractivity (Wildman–Crippen MR) is 227 cm³/mol. The summed E-state index contributed by atoms with van der Waals surface area (Å²) in [7, 11) is -1.72. The fourth-order valence-electron chi connectivity index (χ4n) is 4.49. The molecule has 2 aromatic heterocycles. The number of carbonyl (C=O) groups excluding carboxylic acids is 2. The number of hydrogen-bond acceptors (Lipinski definition) is 14. The molecule has 0 fully saturated rings. The van der Waals surface area contributed by atoms with E-state index in [1.165, 1.54) is 18.5 Å². The average Bonchev–Trinajstić information content (AvgIpc) is 3.72. The first-order chi connectivity index (χ1) is 27.5. The minimum absolute atomic E-state index is 0.0377. The molecule has 6 unspecified atom stereocenters. The van der Waals surface area contributed by atoms with Crippen LogP contribution in [0.3, 0.4) is 0 Å². The molecule has 59 heavy (non-hydrogen) atoms. The number of nitrogens with two attached hydrogens (primary N) is 3. The Bertz CT molecular complexity index is 1530. The lowest BCUT2D eigenvalue weighted by Gasteiger charge is -2.30. The van der Waals surface area contributed by atoms with Gasteiger partial charge in [0.1, 0.15) is 29.5 Å². The van der Waals surface area contributed by atoms with Crippen molar-refractivity contribution >= 4 is 51.3 Å². The van der Waals surface area contributed by atoms with Crippen LogP contribution in [0.1, 0.15) is 98.6 Å². The third-order valence-electron chi connectivity index (χ3n) is 8.02. The molecule has 0 bridgehead atoms. The van der Waals surface area contributed by atoms with Gasteiger partial charge in [-0.1, -0.05) is 26.7 Å². The zero-order chi connectivity index (χ0) is 45.2. The fourth-order valence-corrected chi connectivity index (χ4v) is 8.22. The highest BCUT2D eigenvalue weighted by Gasteiger charge is 2.55. The van der Waals surface area contributed by atoms with Crippen LogP contribution in [0.15, 0.2) is 41.1 Å². The van der Waals surface area contributed by atoms with Gasteiger partial charge < -0.3 is 41.3 Å². The highest BCUT2D eigenvalue weighted by Crippen LogP contribution is 2.42. The van der Waals surface area contributed by atoms with E-state index in [9.17, 15) is 41.1 Å². The topological polar surface area (TPSA) is 248 Å². The first-order valence-electron chi connectivity index (χ1n) is 19.5. The van der Waals surface area contributed by atoms with Crippen LogP contribution in [-0.4, -0.2) is 113 Å². The number of pyridine rings is 1. The van der Waals surface area contributed by atoms with Crippen LogP contribution in [0, 0.1) is 0 Å². The Kier molecular flexibility index (Phi) is 28.0. The van der Waals surface area contributed by atoms with Gasteiger partial charge in [-0.15, -0.1) is 0 Å². The summed E-state index contributed by atoms with van der Waals surface area (Å²) in [4.78, 5) is 37.1. The maximum Gasteiger partial charge on any atom is 0.423 e. The summed E-state index contributed by atoms with van der Waals surface area (Å²) < 4.78 is 78.4. The molecule has 0 radical (unpaired) electrons. The zero-order valence-corrected chi connectivity index (χ0v) is 37.5. The van der Waals surface area contributed by atoms with E-state index in [4.69, 9.17) is 36.2 Å². The van der Waals surface area contributed by atoms with Crippen LogP contribution < -0.4 is 17.2 Å². The minimum Gasteiger partial charge on any atom is -0.480 e. The molecule has 20 heteroatoms. The number of aromatic nitrogens is 1. The Hall–Kier alpha value is -2.88. The largest absolute Gasteiger partial charge is 0.480 e. The second-order valence-corrected chi connectivity index (χ2v) is 19.0. The SMILES string of the molecule is CCCCS(=O)CCC(N)C(=O)OC(C)(C)C.CCCCS(=O)CCC(N)C(=O)OCC.NC(CCSCCC(O)(c1ccc(-c2ccco2)cn1)C(F)(F)F)C(=O)O. The fraction of sp³-hybridized carbons (Fsp3) is 0.692. The van der Waals surface area contributed by atoms with Gasteiger partial charge in [-0.3, -0.25) is 27.8 Å². The number of furan rings is 1. The molecule has 0 saturated heterocycles. The number of thioether (sulfide) groups is 1. The molecule has 14 nitrogen and oxygen atoms in total. The zero-order valence-electron chi connectivity index (χ0n) is 35.0. The van der Waals surface area contributed by atoms with Crippen LogP contribution in [0.2, 0.25) is 0 Å². The summed E-state index contributed by atoms with van der Waals surface area (Å²) >= 11 is 1.09. The lowest BCUT2D eigenvalue weighted by atomic mass is 9.94. The van der Waals surface area contributed by atoms with E-state index >= 15 is 0 Å². The lowest BCUT2D eigenvalue weighted by molar-refractivity contribution is -0.268. The molecule has 0 aromatic carbocycles. The highest BCUT2D eigenvalue weighted by molar-refractivity contribution is 7.99. The van der Waals surface area contributed by atoms with E-state index in [1.807, 2.05) is 0 Å². The second-order valence-electron chi connectivity index (χ2n) is 14.3. The molecule has 0 amide bonds. The molecule has 8 N–H and O–H groups in total. The van der Waals surface area contributed by atoms with Crippen molar-refractivity contribution in [3.63, 3.8) is 0 Å². The molecule has 0 saturated carbocycles. The summed E-state index contributed by atoms with van der Waals surface area (Å²) in [6.07, 6.45) is 2.09. The summed E-state index contributed by atoms with van der Waals surface area (Å²) in [6, 6.07) is 3.45. The summed E-state index contributed by atoms with van der Waals surface area (Å²) in [5.74, 6) is 1.06. The third kappa shape index (κ3) is 24.2. The number of rotatable bonds is 24. The van der Waals surface area contributed by atoms with Crippen molar-refractivity contribution in [1.82, 2.24) is 4.98 Å². The van der Waals surface area contributed by atoms with E-state index in [0.717, 1.165) is 43.5 Å². The molecule has 0 aliphatic heterocycles. The second kappa shape index (κ2) is 29.4. The van der Waals surface area contributed by atoms with Gasteiger partial charge in [-0.25, -0.2) is 0 Å². The molecule has 0 aliphatic carbocycles. The van der Waals surface area contributed by atoms with Gasteiger partial charge in [0.15, 0.2) is 0 Å². The number of esters is 2. The van der Waals surface area contributed by atoms with Gasteiger partial charge in [-0.05, 0) is 102 Å². The van der Waals surface area contributed by atoms with Gasteiger partial charge in [0, 0.05) is 56.4 Å². The monoisotopic (exact) mass is 902 g/mol. The molecule has 2 rings (SSSR count). The number of ether oxygens (including phenoxy) is 2. The Labute approximate surface area is 355 Å². The quantitative estimate of drug-likeness (QED) is 0.0651. The van der Waals surface area contributed by atoms with Crippen molar-refractivity contribution < 1.29 is 60.1 Å². The number of unbranched alkanes of at least 4 members (excludes halogenated alkanes) is 2. The van der Waals surface area contributed by atoms with E-state index in [1.54, 1.807) is 39.8 Å². The van der Waals surface area contributed by atoms with Crippen molar-refractivity contribution in [2.75, 3.05) is 41.1 Å². The van der Waals surface area contributed by atoms with Crippen LogP contribution in [0.5, 0.6) is 0 Å². The van der Waals surface area contributed by atoms with Crippen LogP contribution in [-0.2, 0) is 51.1 Å². The highest BCUT2D eigenvalue weighted by atomic mass is 32.2. The van der Waals surface area contributed by atoms with E-state index < -0.39 is 87.1 Å². The molecular weight excluding hydrogens is 838 g/mol. The van der Waals surface area contributed by atoms with Gasteiger partial charge in [0.2, 0.25) is 5.60 Å². The summed E-state index contributed by atoms with van der Waals surface area (Å²) in [5.41, 5.74) is 13.0. The smallest absolute Gasteiger partial charge is 0.423 e. The maximum atomic E-state index is 13.5. The van der Waals surface area contributed by atoms with Gasteiger partial charge in [-0.2, -0.15) is 24.9 Å². The molecular formula is C39H65F3N4O10S3. The average molecular weight is 903 g/mol. The third-order valence-corrected chi connectivity index (χ3v) is 11.9. The molecule has 2 heterocycles. The van der Waals surface area contributed by atoms with Crippen LogP contribution in [0.25, 0.3) is 11.3 Å². The van der Waals surface area contributed by atoms with Crippen molar-refractivity contribution in [3.8, 4) is 11.3 Å². The normalized spacial score (nSPS) is 15.1. The van der Waals surface area contributed by atoms with Crippen molar-refractivity contribution in [2.24, 2.45) is 17.2 Å². The number of nitrogens with zero attached hydrogens (tertiary/aromatic N) is 1. The van der Waals surface area contributed by atoms with Crippen molar-refractivity contribution in [1.29, 1.82) is 0 Å². The van der Waals surface area contributed by atoms with Crippen LogP contribution >= 0.6 is 11.8 Å². The molecule has 0 spiro atoms. The first kappa shape index (κ1) is 56.1. The minimum atomic E-state index is -4.91. The Balaban J connectivity index is 0.000000913. The molecule has 6 atom stereocenters. The summed E-state index contributed by atoms with van der Waals surface area (Å²) in [5, 5.41) is 19.0. The number of aliphatic carboxylic acids is 1. The number of aliphatic hydroxyl groups is 1. The molecule has 2 aromatic rings. The van der Waals surface area contributed by atoms with Crippen LogP contribution in [0.4, 0.5) is 13.2 Å². The van der Waals surface area contributed by atoms with E-state index in [2.05, 4.69) is 18.8 Å². The number of carboxylic acid groups (broad SMARTS) is 1. The van der Waals surface area contributed by atoms with Crippen molar-refractivity contribution in [3.05, 3.63) is 42.4 Å². The molecule has 340 valence electrons. The summed E-state index contributed by atoms with van der Waals surface area (Å²) in [6.45, 7) is 11.6. The predicted octanol–water partition coefficient (Wildman–Crippen LogP) is 5.43. The number of carbonyl (C=O) groups is 3. The lowest BCUT2D eigenvalue weighted by Crippen LogP contribution is -2.43. The maximum absolute atomic E-state index is 13.5. The number of halogens is 3. The van der Waals surface area contributed by atoms with Gasteiger partial charge in [0.25, 0.3) is 0 Å². The van der Waals surface area contributed by atoms with Gasteiger partial charge in [0.05, 0.1) is 18.6 Å². The number of carboxylic acids is 1. The number of hydrogen-bond donors (Lipinski definition) is 5. The Morgan fingerprint density at radius 2 is 1.41 bits per heavy atom. The Morgan fingerprint density at radius 3 is 1.83 bits per heavy atom. The first-order valence-corrected chi connectivity index (χ1v) is 23.6. The molecule has 0 aliphatic rings. The van der Waals surface area contributed by atoms with E-state index in [0.29, 0.717) is 53.8 Å². The Morgan fingerprint density at radius 1 is 0.847 bits per heavy atom. The standard InChI is InChI=1S/C17H19F3N2O4S.C12H25NO3S.C10H21NO3S/c18-17(19,20)16(25,6-9-27-8-5-12(21)15(23)24)14-4-3-11(10-22-14)13-2-1-7-26-13;1-5-6-8-17(15)9-7-10(13)11(14)16-12(2,3)4;1-3-5-7-15(13)8-6-9(11)10(12)14-4-2/h1-4,7,10,12,25H,5-6,8-9,21H2,(H,23,24);10H,5-9,13H2,1-4H3;9H,3-8,11H2,1-2H3. The van der Waals surface area contributed by atoms with Gasteiger partial charge >= 0.3 is 24.1 Å². The van der Waals surface area contributed by atoms with E-state index in [-0.39, 0.29) is 17.9 Å².